The molecule has 0 radical (unpaired) electrons. The van der Waals surface area contributed by atoms with Crippen molar-refractivity contribution in [3.63, 3.8) is 0 Å². The molecule has 0 fully saturated rings. The lowest BCUT2D eigenvalue weighted by Gasteiger charge is -1.94. The normalized spacial score (nSPS) is 10.9. The molecule has 0 saturated heterocycles. The minimum Gasteiger partial charge on any atom is -0.478 e. The maximum absolute atomic E-state index is 10.9. The molecule has 0 aromatic carbocycles. The van der Waals surface area contributed by atoms with E-state index in [0.29, 0.717) is 12.1 Å². The van der Waals surface area contributed by atoms with Crippen LogP contribution in [0.3, 0.4) is 0 Å². The third kappa shape index (κ3) is 1.86. The van der Waals surface area contributed by atoms with Crippen LogP contribution in [0.1, 0.15) is 21.8 Å². The minimum atomic E-state index is -0.951. The molecular formula is C13H10N2O3. The first-order chi connectivity index (χ1) is 8.72. The first kappa shape index (κ1) is 10.6. The standard InChI is InChI=1S/C13H10N2O3/c16-13(17)9-3-4-15-8-10(14-12(15)6-9)7-11-2-1-5-18-11/h1-6,8H,7H2,(H,16,17). The van der Waals surface area contributed by atoms with Crippen LogP contribution < -0.4 is 0 Å². The van der Waals surface area contributed by atoms with Gasteiger partial charge in [-0.05, 0) is 24.3 Å². The Balaban J connectivity index is 1.98. The molecule has 0 amide bonds. The van der Waals surface area contributed by atoms with Crippen LogP contribution >= 0.6 is 0 Å². The lowest BCUT2D eigenvalue weighted by Crippen LogP contribution is -1.96. The second kappa shape index (κ2) is 4.03. The van der Waals surface area contributed by atoms with Crippen LogP contribution in [0.5, 0.6) is 0 Å². The molecule has 5 nitrogen and oxygen atoms in total. The molecule has 1 N–H and O–H groups in total. The number of pyridine rings is 1. The predicted octanol–water partition coefficient (Wildman–Crippen LogP) is 2.22. The van der Waals surface area contributed by atoms with E-state index < -0.39 is 5.97 Å². The molecule has 0 aliphatic heterocycles. The van der Waals surface area contributed by atoms with E-state index in [1.165, 1.54) is 0 Å². The highest BCUT2D eigenvalue weighted by molar-refractivity contribution is 5.88. The van der Waals surface area contributed by atoms with Crippen molar-refractivity contribution in [2.24, 2.45) is 0 Å². The quantitative estimate of drug-likeness (QED) is 0.764. The molecule has 0 spiro atoms. The molecule has 3 heterocycles. The molecule has 3 aromatic heterocycles. The van der Waals surface area contributed by atoms with E-state index in [0.717, 1.165) is 11.5 Å². The summed E-state index contributed by atoms with van der Waals surface area (Å²) in [7, 11) is 0. The Bertz CT molecular complexity index is 698. The van der Waals surface area contributed by atoms with E-state index in [9.17, 15) is 4.79 Å². The topological polar surface area (TPSA) is 67.7 Å². The summed E-state index contributed by atoms with van der Waals surface area (Å²) in [5, 5.41) is 8.91. The molecule has 0 saturated carbocycles. The largest absolute Gasteiger partial charge is 0.478 e. The number of carboxylic acid groups (broad SMARTS) is 1. The molecule has 18 heavy (non-hydrogen) atoms. The number of rotatable bonds is 3. The van der Waals surface area contributed by atoms with E-state index >= 15 is 0 Å². The molecule has 3 rings (SSSR count). The summed E-state index contributed by atoms with van der Waals surface area (Å²) >= 11 is 0. The molecule has 0 atom stereocenters. The number of nitrogens with zero attached hydrogens (tertiary/aromatic N) is 2. The van der Waals surface area contributed by atoms with E-state index in [1.807, 2.05) is 18.3 Å². The Hall–Kier alpha value is -2.56. The SMILES string of the molecule is O=C(O)c1ccn2cc(Cc3ccco3)nc2c1. The van der Waals surface area contributed by atoms with Gasteiger partial charge in [-0.3, -0.25) is 0 Å². The van der Waals surface area contributed by atoms with Gasteiger partial charge in [-0.1, -0.05) is 0 Å². The average molecular weight is 242 g/mol. The minimum absolute atomic E-state index is 0.234. The van der Waals surface area contributed by atoms with Crippen molar-refractivity contribution in [3.05, 3.63) is 59.9 Å². The van der Waals surface area contributed by atoms with Crippen LogP contribution in [-0.2, 0) is 6.42 Å². The Kier molecular flexibility index (Phi) is 2.37. The van der Waals surface area contributed by atoms with Gasteiger partial charge in [-0.15, -0.1) is 0 Å². The highest BCUT2D eigenvalue weighted by Gasteiger charge is 2.08. The molecule has 0 aliphatic rings. The monoisotopic (exact) mass is 242 g/mol. The van der Waals surface area contributed by atoms with Crippen LogP contribution in [0.25, 0.3) is 5.65 Å². The highest BCUT2D eigenvalue weighted by atomic mass is 16.4. The van der Waals surface area contributed by atoms with Gasteiger partial charge in [0.05, 0.1) is 17.5 Å². The summed E-state index contributed by atoms with van der Waals surface area (Å²) in [6, 6.07) is 6.81. The Morgan fingerprint density at radius 1 is 1.44 bits per heavy atom. The third-order valence-electron chi connectivity index (χ3n) is 2.69. The summed E-state index contributed by atoms with van der Waals surface area (Å²) < 4.78 is 7.05. The number of hydrogen-bond acceptors (Lipinski definition) is 3. The van der Waals surface area contributed by atoms with Crippen molar-refractivity contribution in [2.75, 3.05) is 0 Å². The van der Waals surface area contributed by atoms with Crippen molar-refractivity contribution in [1.82, 2.24) is 9.38 Å². The molecule has 3 aromatic rings. The number of carboxylic acids is 1. The van der Waals surface area contributed by atoms with Gasteiger partial charge in [0.1, 0.15) is 11.4 Å². The van der Waals surface area contributed by atoms with Gasteiger partial charge in [0.2, 0.25) is 0 Å². The van der Waals surface area contributed by atoms with Crippen LogP contribution in [0.2, 0.25) is 0 Å². The molecular weight excluding hydrogens is 232 g/mol. The van der Waals surface area contributed by atoms with Gasteiger partial charge in [-0.2, -0.15) is 0 Å². The zero-order valence-electron chi connectivity index (χ0n) is 9.41. The van der Waals surface area contributed by atoms with Crippen LogP contribution in [0.15, 0.2) is 47.3 Å². The van der Waals surface area contributed by atoms with Gasteiger partial charge >= 0.3 is 5.97 Å². The Morgan fingerprint density at radius 2 is 2.33 bits per heavy atom. The number of carbonyl (C=O) groups is 1. The van der Waals surface area contributed by atoms with Gasteiger partial charge in [0.25, 0.3) is 0 Å². The maximum Gasteiger partial charge on any atom is 0.335 e. The highest BCUT2D eigenvalue weighted by Crippen LogP contribution is 2.12. The van der Waals surface area contributed by atoms with Crippen LogP contribution in [-0.4, -0.2) is 20.5 Å². The van der Waals surface area contributed by atoms with Crippen molar-refractivity contribution in [2.45, 2.75) is 6.42 Å². The zero-order chi connectivity index (χ0) is 12.5. The first-order valence-corrected chi connectivity index (χ1v) is 5.46. The molecule has 0 aliphatic carbocycles. The average Bonchev–Trinajstić information content (AvgIpc) is 2.96. The number of fused-ring (bicyclic) bond motifs is 1. The maximum atomic E-state index is 10.9. The molecule has 0 unspecified atom stereocenters. The van der Waals surface area contributed by atoms with Gasteiger partial charge in [-0.25, -0.2) is 9.78 Å². The number of imidazole rings is 1. The lowest BCUT2D eigenvalue weighted by atomic mass is 10.3. The van der Waals surface area contributed by atoms with E-state index in [1.54, 1.807) is 29.0 Å². The molecule has 90 valence electrons. The number of hydrogen-bond donors (Lipinski definition) is 1. The molecule has 0 bridgehead atoms. The van der Waals surface area contributed by atoms with E-state index in [4.69, 9.17) is 9.52 Å². The fraction of sp³-hybridized carbons (Fsp3) is 0.0769. The van der Waals surface area contributed by atoms with Crippen molar-refractivity contribution < 1.29 is 14.3 Å². The lowest BCUT2D eigenvalue weighted by molar-refractivity contribution is 0.0697. The summed E-state index contributed by atoms with van der Waals surface area (Å²) in [6.07, 6.45) is 5.77. The number of furan rings is 1. The van der Waals surface area contributed by atoms with Gasteiger partial charge in [0.15, 0.2) is 0 Å². The first-order valence-electron chi connectivity index (χ1n) is 5.46. The van der Waals surface area contributed by atoms with Crippen molar-refractivity contribution in [1.29, 1.82) is 0 Å². The predicted molar refractivity (Wildman–Crippen MR) is 63.7 cm³/mol. The van der Waals surface area contributed by atoms with Crippen LogP contribution in [0, 0.1) is 0 Å². The fourth-order valence-corrected chi connectivity index (χ4v) is 1.84. The summed E-state index contributed by atoms with van der Waals surface area (Å²) in [5.41, 5.74) is 1.70. The molecule has 5 heteroatoms. The van der Waals surface area contributed by atoms with Gasteiger partial charge in [0, 0.05) is 18.8 Å². The zero-order valence-corrected chi connectivity index (χ0v) is 9.41. The van der Waals surface area contributed by atoms with E-state index in [2.05, 4.69) is 4.98 Å². The number of aromatic carboxylic acids is 1. The second-order valence-corrected chi connectivity index (χ2v) is 3.97. The Morgan fingerprint density at radius 3 is 3.06 bits per heavy atom. The summed E-state index contributed by atoms with van der Waals surface area (Å²) in [5.74, 6) is -0.120. The summed E-state index contributed by atoms with van der Waals surface area (Å²) in [6.45, 7) is 0. The Labute approximate surface area is 102 Å². The van der Waals surface area contributed by atoms with Gasteiger partial charge < -0.3 is 13.9 Å². The van der Waals surface area contributed by atoms with E-state index in [-0.39, 0.29) is 5.56 Å². The van der Waals surface area contributed by atoms with Crippen molar-refractivity contribution >= 4 is 11.6 Å². The smallest absolute Gasteiger partial charge is 0.335 e. The third-order valence-corrected chi connectivity index (χ3v) is 2.69. The van der Waals surface area contributed by atoms with Crippen LogP contribution in [0.4, 0.5) is 0 Å². The fourth-order valence-electron chi connectivity index (χ4n) is 1.84. The second-order valence-electron chi connectivity index (χ2n) is 3.97. The number of aromatic nitrogens is 2. The van der Waals surface area contributed by atoms with Crippen molar-refractivity contribution in [3.8, 4) is 0 Å². The summed E-state index contributed by atoms with van der Waals surface area (Å²) in [4.78, 5) is 15.2.